The van der Waals surface area contributed by atoms with Crippen LogP contribution in [0.2, 0.25) is 20.1 Å². The van der Waals surface area contributed by atoms with E-state index in [9.17, 15) is 41.1 Å². The number of hydrogen-bond donors (Lipinski definition) is 2. The molecule has 0 unspecified atom stereocenters. The van der Waals surface area contributed by atoms with Gasteiger partial charge < -0.3 is 34.9 Å². The van der Waals surface area contributed by atoms with Crippen LogP contribution in [0.4, 0.5) is 0 Å². The van der Waals surface area contributed by atoms with Crippen LogP contribution in [0.25, 0.3) is 0 Å². The normalized spacial score (nSPS) is 27.6. The fourth-order valence-electron chi connectivity index (χ4n) is 15.2. The molecule has 0 spiro atoms. The van der Waals surface area contributed by atoms with Crippen molar-refractivity contribution in [2.75, 3.05) is 51.8 Å². The summed E-state index contributed by atoms with van der Waals surface area (Å²) in [6.07, 6.45) is 6.39. The lowest BCUT2D eigenvalue weighted by atomic mass is 9.81. The van der Waals surface area contributed by atoms with Gasteiger partial charge in [-0.2, -0.15) is 8.61 Å². The Morgan fingerprint density at radius 3 is 1.31 bits per heavy atom. The summed E-state index contributed by atoms with van der Waals surface area (Å²) in [7, 11) is -6.36. The van der Waals surface area contributed by atoms with Gasteiger partial charge in [0.05, 0.1) is 24.6 Å². The summed E-state index contributed by atoms with van der Waals surface area (Å²) in [6.45, 7) is 23.3. The Balaban J connectivity index is 0.000000185. The zero-order valence-electron chi connectivity index (χ0n) is 56.9. The van der Waals surface area contributed by atoms with Gasteiger partial charge >= 0.3 is 5.97 Å². The molecule has 8 aliphatic heterocycles. The molecule has 8 aliphatic rings. The molecular formula is C70H88Cl4N10O9S4. The van der Waals surface area contributed by atoms with E-state index in [4.69, 9.17) is 56.4 Å². The van der Waals surface area contributed by atoms with Crippen LogP contribution in [-0.2, 0) is 50.3 Å². The van der Waals surface area contributed by atoms with Crippen molar-refractivity contribution < 1.29 is 41.1 Å². The molecule has 3 amide bonds. The van der Waals surface area contributed by atoms with Crippen LogP contribution in [0.15, 0.2) is 128 Å². The van der Waals surface area contributed by atoms with Gasteiger partial charge in [-0.15, -0.1) is 0 Å². The van der Waals surface area contributed by atoms with Crippen LogP contribution in [-0.4, -0.2) is 177 Å². The molecule has 97 heavy (non-hydrogen) atoms. The number of nitrogens with zero attached hydrogens (tertiary/aromatic N) is 9. The Bertz CT molecular complexity index is 4010. The average Bonchev–Trinajstić information content (AvgIpc) is 1.57. The maximum atomic E-state index is 14.8. The number of amides is 3. The van der Waals surface area contributed by atoms with Gasteiger partial charge in [0.15, 0.2) is 10.3 Å². The van der Waals surface area contributed by atoms with Crippen LogP contribution in [0, 0.1) is 11.8 Å². The van der Waals surface area contributed by atoms with Gasteiger partial charge in [-0.25, -0.2) is 31.6 Å². The summed E-state index contributed by atoms with van der Waals surface area (Å²) in [5, 5.41) is 17.1. The molecule has 0 aliphatic carbocycles. The van der Waals surface area contributed by atoms with Crippen LogP contribution >= 0.6 is 69.9 Å². The quantitative estimate of drug-likeness (QED) is 0.120. The lowest BCUT2D eigenvalue weighted by Crippen LogP contribution is -2.59. The number of piperazine rings is 2. The molecule has 0 radical (unpaired) electrons. The molecule has 524 valence electrons. The number of aliphatic carboxylic acids is 1. The first kappa shape index (κ1) is 74.5. The highest BCUT2D eigenvalue weighted by molar-refractivity contribution is 8.18. The van der Waals surface area contributed by atoms with Gasteiger partial charge in [-0.1, -0.05) is 136 Å². The van der Waals surface area contributed by atoms with Crippen LogP contribution in [0.1, 0.15) is 142 Å². The smallest absolute Gasteiger partial charge is 0.326 e. The number of carboxylic acids is 1. The van der Waals surface area contributed by atoms with Crippen molar-refractivity contribution in [3.8, 4) is 0 Å². The largest absolute Gasteiger partial charge is 0.480 e. The zero-order chi connectivity index (χ0) is 70.5. The number of carbonyl (C=O) groups excluding carboxylic acids is 3. The topological polar surface area (TPSA) is 216 Å². The minimum atomic E-state index is -3.37. The van der Waals surface area contributed by atoms with Gasteiger partial charge in [0.25, 0.3) is 11.8 Å². The molecule has 0 bridgehead atoms. The molecule has 4 aromatic rings. The van der Waals surface area contributed by atoms with Gasteiger partial charge in [-0.3, -0.25) is 14.4 Å². The Morgan fingerprint density at radius 2 is 0.959 bits per heavy atom. The SMILES string of the molecule is CC[C@@H]1CC[C@@H](C(=O)N2CCN(S(C)(=O)=O)[C@H](C)C2)N1C(=O)C1=C(C(C)C)N2C(=N[C@@](C)(c3ccc(Cl)cc3)[C@H]2c2ccc(Cl)cc2)S1.CC[C@@H]1CC[C@@H](C(=O)O)N1C(=O)C1=C(C(C)C)N2C(=N[C@@](C)(c3ccc(Cl)cc3)[C@H]2c2ccc(Cl)cc2)S1.C[C@@H]1CNCCN1S(C)(=O)=O. The first-order chi connectivity index (χ1) is 45.7. The minimum Gasteiger partial charge on any atom is -0.480 e. The van der Waals surface area contributed by atoms with E-state index in [-0.39, 0.29) is 72.4 Å². The summed E-state index contributed by atoms with van der Waals surface area (Å²) in [6, 6.07) is 28.8. The van der Waals surface area contributed by atoms with E-state index in [1.54, 1.807) is 9.80 Å². The molecule has 2 N–H and O–H groups in total. The van der Waals surface area contributed by atoms with E-state index < -0.39 is 49.2 Å². The van der Waals surface area contributed by atoms with Gasteiger partial charge in [0.1, 0.15) is 33.0 Å². The Hall–Kier alpha value is -5.18. The number of likely N-dealkylation sites (tertiary alicyclic amines) is 2. The Morgan fingerprint density at radius 1 is 0.577 bits per heavy atom. The van der Waals surface area contributed by atoms with Crippen molar-refractivity contribution in [1.82, 2.24) is 38.4 Å². The molecule has 19 nitrogen and oxygen atoms in total. The van der Waals surface area contributed by atoms with Gasteiger partial charge in [-0.05, 0) is 172 Å². The molecule has 0 aromatic heterocycles. The molecule has 27 heteroatoms. The predicted molar refractivity (Wildman–Crippen MR) is 390 cm³/mol. The standard InChI is InChI=1S/C35H43Cl2N5O4S2.C29H31Cl2N3O3S.C6H14N2O2S/c1-7-27-16-17-28(32(43)39-18-19-40(22(4)20-39)48(6,45)46)41(27)33(44)30-29(21(2)3)42-31(23-8-12-25(36)13-9-23)35(5,38-34(42)47-30)24-10-14-26(37)15-11-24;1-5-21-14-15-22(27(36)37)33(21)26(35)24-23(16(2)3)34-25(17-6-10-19(30)11-7-17)29(4,32-28(34)38-24)18-8-12-20(31)13-9-18;1-6-5-7-3-4-8(6)11(2,9)10/h8-15,21-22,27-28,31H,7,16-20H2,1-6H3;6-13,16,21-22,25H,5,14-15H2,1-4H3,(H,36,37);6-7H,3-5H2,1-2H3/t22-,27-,28+,31-,35+;21-,22+,25-,29+;6-/m111/s1. The molecular weight excluding hydrogens is 1390 g/mol. The highest BCUT2D eigenvalue weighted by Gasteiger charge is 2.57. The monoisotopic (exact) mass is 1480 g/mol. The van der Waals surface area contributed by atoms with Crippen molar-refractivity contribution >= 4 is 124 Å². The van der Waals surface area contributed by atoms with Crippen molar-refractivity contribution in [3.63, 3.8) is 0 Å². The van der Waals surface area contributed by atoms with Crippen molar-refractivity contribution in [3.05, 3.63) is 161 Å². The maximum Gasteiger partial charge on any atom is 0.326 e. The summed E-state index contributed by atoms with van der Waals surface area (Å²) in [4.78, 5) is 76.5. The van der Waals surface area contributed by atoms with Crippen molar-refractivity contribution in [1.29, 1.82) is 0 Å². The number of aliphatic imine (C=N–C) groups is 2. The van der Waals surface area contributed by atoms with E-state index in [1.807, 2.05) is 123 Å². The number of sulfonamides is 2. The summed E-state index contributed by atoms with van der Waals surface area (Å²) in [5.74, 6) is -1.43. The third-order valence-corrected chi connectivity index (χ3v) is 25.8. The lowest BCUT2D eigenvalue weighted by Gasteiger charge is -2.40. The van der Waals surface area contributed by atoms with E-state index in [0.29, 0.717) is 68.8 Å². The third-order valence-electron chi connectivity index (χ3n) is 19.9. The zero-order valence-corrected chi connectivity index (χ0v) is 63.2. The number of benzene rings is 4. The van der Waals surface area contributed by atoms with Crippen molar-refractivity contribution in [2.45, 2.75) is 167 Å². The first-order valence-corrected chi connectivity index (χ1v) is 40.0. The third kappa shape index (κ3) is 15.0. The molecule has 0 saturated carbocycles. The second-order valence-corrected chi connectivity index (χ2v) is 34.8. The van der Waals surface area contributed by atoms with Crippen LogP contribution in [0.5, 0.6) is 0 Å². The number of amidine groups is 2. The Labute approximate surface area is 600 Å². The van der Waals surface area contributed by atoms with E-state index in [2.05, 4.69) is 63.6 Å². The number of carbonyl (C=O) groups is 4. The molecule has 10 atom stereocenters. The predicted octanol–water partition coefficient (Wildman–Crippen LogP) is 12.8. The number of nitrogens with one attached hydrogen (secondary N) is 1. The number of carboxylic acid groups (broad SMARTS) is 1. The summed E-state index contributed by atoms with van der Waals surface area (Å²) in [5.41, 5.74) is 4.49. The summed E-state index contributed by atoms with van der Waals surface area (Å²) < 4.78 is 49.7. The van der Waals surface area contributed by atoms with Crippen LogP contribution < -0.4 is 5.32 Å². The highest BCUT2D eigenvalue weighted by atomic mass is 35.5. The second-order valence-electron chi connectivity index (χ2n) is 27.2. The fourth-order valence-corrected chi connectivity index (χ4v) is 20.7. The Kier molecular flexibility index (Phi) is 22.9. The summed E-state index contributed by atoms with van der Waals surface area (Å²) >= 11 is 27.8. The molecule has 4 fully saturated rings. The average molecular weight is 1480 g/mol. The van der Waals surface area contributed by atoms with Crippen LogP contribution in [0.3, 0.4) is 0 Å². The van der Waals surface area contributed by atoms with Gasteiger partial charge in [0, 0.05) is 94.9 Å². The molecule has 12 rings (SSSR count). The number of fused-ring (bicyclic) bond motifs is 2. The number of hydrogen-bond acceptors (Lipinski definition) is 15. The number of thioether (sulfide) groups is 2. The minimum absolute atomic E-state index is 0.00229. The highest BCUT2D eigenvalue weighted by Crippen LogP contribution is 2.59. The maximum absolute atomic E-state index is 14.8. The first-order valence-electron chi connectivity index (χ1n) is 33.2. The lowest BCUT2D eigenvalue weighted by molar-refractivity contribution is -0.148. The van der Waals surface area contributed by atoms with E-state index in [1.165, 1.54) is 44.6 Å². The number of rotatable bonds is 14. The molecule has 4 saturated heterocycles. The van der Waals surface area contributed by atoms with E-state index in [0.717, 1.165) is 76.3 Å². The molecule has 4 aromatic carbocycles. The fraction of sp³-hybridized carbons (Fsp3) is 0.514. The number of allylic oxidation sites excluding steroid dienone is 2. The van der Waals surface area contributed by atoms with E-state index >= 15 is 0 Å². The number of halogens is 4. The van der Waals surface area contributed by atoms with Gasteiger partial charge in [0.2, 0.25) is 26.0 Å². The molecule has 8 heterocycles. The van der Waals surface area contributed by atoms with Crippen molar-refractivity contribution in [2.24, 2.45) is 21.8 Å². The second kappa shape index (κ2) is 29.8.